The zero-order valence-corrected chi connectivity index (χ0v) is 14.7. The molecule has 0 aliphatic heterocycles. The fraction of sp³-hybridized carbons (Fsp3) is 0.857. The molecule has 0 heterocycles. The normalized spacial score (nSPS) is 15.6. The molecule has 2 N–H and O–H groups in total. The number of aliphatic hydroxyl groups excluding tert-OH is 1. The summed E-state index contributed by atoms with van der Waals surface area (Å²) in [4.78, 5) is 11.4. The minimum absolute atomic E-state index is 0.0842. The molecule has 0 aromatic carbocycles. The number of carbonyl (C=O) groups excluding carboxylic acids is 1. The number of aliphatic hydroxyl groups is 1. The standard InChI is InChI=1S/C14H29NO4Si/c1-8-18-13(17)12(15)11(16)9-10(2)19-20(6,7)14(3,4)5/h10-11,15-16H,8-9H2,1-7H3. The van der Waals surface area contributed by atoms with Crippen LogP contribution in [0.5, 0.6) is 0 Å². The van der Waals surface area contributed by atoms with Gasteiger partial charge in [0.1, 0.15) is 11.8 Å². The van der Waals surface area contributed by atoms with Crippen molar-refractivity contribution in [3.63, 3.8) is 0 Å². The van der Waals surface area contributed by atoms with E-state index in [2.05, 4.69) is 33.9 Å². The maximum Gasteiger partial charge on any atom is 0.354 e. The highest BCUT2D eigenvalue weighted by Gasteiger charge is 2.39. The number of esters is 1. The third-order valence-corrected chi connectivity index (χ3v) is 8.29. The van der Waals surface area contributed by atoms with Crippen LogP contribution in [0.15, 0.2) is 0 Å². The third kappa shape index (κ3) is 5.72. The average Bonchev–Trinajstić information content (AvgIpc) is 2.25. The minimum Gasteiger partial charge on any atom is -0.461 e. The molecular formula is C14H29NO4Si. The maximum absolute atomic E-state index is 11.4. The number of carbonyl (C=O) groups is 1. The van der Waals surface area contributed by atoms with E-state index in [1.807, 2.05) is 6.92 Å². The molecule has 0 rings (SSSR count). The van der Waals surface area contributed by atoms with Crippen LogP contribution in [-0.2, 0) is 14.0 Å². The molecule has 0 aromatic rings. The Bertz CT molecular complexity index is 350. The van der Waals surface area contributed by atoms with Gasteiger partial charge in [0.15, 0.2) is 8.32 Å². The van der Waals surface area contributed by atoms with Crippen molar-refractivity contribution >= 4 is 20.0 Å². The van der Waals surface area contributed by atoms with E-state index < -0.39 is 26.1 Å². The molecule has 0 saturated carbocycles. The predicted molar refractivity (Wildman–Crippen MR) is 82.7 cm³/mol. The summed E-state index contributed by atoms with van der Waals surface area (Å²) in [6, 6.07) is 0. The van der Waals surface area contributed by atoms with Gasteiger partial charge in [-0.2, -0.15) is 0 Å². The molecule has 20 heavy (non-hydrogen) atoms. The Hall–Kier alpha value is -0.723. The molecule has 0 aromatic heterocycles. The first-order valence-corrected chi connectivity index (χ1v) is 9.94. The van der Waals surface area contributed by atoms with E-state index in [4.69, 9.17) is 14.6 Å². The molecule has 0 bridgehead atoms. The molecule has 0 aliphatic rings. The minimum atomic E-state index is -1.91. The molecule has 0 radical (unpaired) electrons. The summed E-state index contributed by atoms with van der Waals surface area (Å²) in [5, 5.41) is 17.6. The largest absolute Gasteiger partial charge is 0.461 e. The van der Waals surface area contributed by atoms with E-state index in [9.17, 15) is 9.90 Å². The lowest BCUT2D eigenvalue weighted by Crippen LogP contribution is -2.44. The van der Waals surface area contributed by atoms with Crippen LogP contribution < -0.4 is 0 Å². The van der Waals surface area contributed by atoms with Crippen LogP contribution in [-0.4, -0.2) is 43.9 Å². The Kier molecular flexibility index (Phi) is 7.07. The van der Waals surface area contributed by atoms with Crippen LogP contribution in [0.2, 0.25) is 18.1 Å². The molecule has 0 spiro atoms. The summed E-state index contributed by atoms with van der Waals surface area (Å²) in [5.41, 5.74) is -0.405. The summed E-state index contributed by atoms with van der Waals surface area (Å²) in [5.74, 6) is -0.764. The van der Waals surface area contributed by atoms with Crippen molar-refractivity contribution in [3.05, 3.63) is 0 Å². The quantitative estimate of drug-likeness (QED) is 0.430. The summed E-state index contributed by atoms with van der Waals surface area (Å²) in [6.07, 6.45) is -1.13. The molecule has 2 unspecified atom stereocenters. The van der Waals surface area contributed by atoms with Gasteiger partial charge < -0.3 is 14.3 Å². The van der Waals surface area contributed by atoms with Gasteiger partial charge in [-0.05, 0) is 32.0 Å². The Labute approximate surface area is 123 Å². The first-order chi connectivity index (χ1) is 8.92. The van der Waals surface area contributed by atoms with Gasteiger partial charge in [0.25, 0.3) is 0 Å². The number of nitrogens with one attached hydrogen (secondary N) is 1. The third-order valence-electron chi connectivity index (χ3n) is 3.69. The van der Waals surface area contributed by atoms with Crippen LogP contribution in [0, 0.1) is 5.41 Å². The molecular weight excluding hydrogens is 274 g/mol. The highest BCUT2D eigenvalue weighted by Crippen LogP contribution is 2.37. The molecule has 2 atom stereocenters. The number of ether oxygens (including phenoxy) is 1. The van der Waals surface area contributed by atoms with Gasteiger partial charge >= 0.3 is 5.97 Å². The summed E-state index contributed by atoms with van der Waals surface area (Å²) < 4.78 is 10.8. The van der Waals surface area contributed by atoms with Gasteiger partial charge in [-0.1, -0.05) is 20.8 Å². The summed E-state index contributed by atoms with van der Waals surface area (Å²) >= 11 is 0. The van der Waals surface area contributed by atoms with Crippen LogP contribution in [0.4, 0.5) is 0 Å². The van der Waals surface area contributed by atoms with Gasteiger partial charge in [-0.3, -0.25) is 5.41 Å². The average molecular weight is 303 g/mol. The van der Waals surface area contributed by atoms with E-state index >= 15 is 0 Å². The van der Waals surface area contributed by atoms with Crippen molar-refractivity contribution in [1.82, 2.24) is 0 Å². The molecule has 0 saturated heterocycles. The van der Waals surface area contributed by atoms with Crippen LogP contribution in [0.3, 0.4) is 0 Å². The van der Waals surface area contributed by atoms with Crippen molar-refractivity contribution in [1.29, 1.82) is 5.41 Å². The van der Waals surface area contributed by atoms with E-state index in [0.29, 0.717) is 0 Å². The molecule has 0 fully saturated rings. The number of rotatable bonds is 7. The van der Waals surface area contributed by atoms with Crippen LogP contribution in [0.1, 0.15) is 41.0 Å². The summed E-state index contributed by atoms with van der Waals surface area (Å²) in [6.45, 7) is 14.4. The van der Waals surface area contributed by atoms with E-state index in [-0.39, 0.29) is 24.2 Å². The smallest absolute Gasteiger partial charge is 0.354 e. The van der Waals surface area contributed by atoms with Crippen molar-refractivity contribution in [2.45, 2.75) is 71.4 Å². The first-order valence-electron chi connectivity index (χ1n) is 7.03. The van der Waals surface area contributed by atoms with Gasteiger partial charge in [-0.25, -0.2) is 4.79 Å². The van der Waals surface area contributed by atoms with Crippen molar-refractivity contribution in [2.24, 2.45) is 0 Å². The lowest BCUT2D eigenvalue weighted by molar-refractivity contribution is -0.135. The molecule has 6 heteroatoms. The van der Waals surface area contributed by atoms with Gasteiger partial charge in [0.2, 0.25) is 0 Å². The fourth-order valence-electron chi connectivity index (χ4n) is 1.50. The van der Waals surface area contributed by atoms with Crippen LogP contribution >= 0.6 is 0 Å². The SMILES string of the molecule is CCOC(=O)C(=N)C(O)CC(C)O[Si](C)(C)C(C)(C)C. The van der Waals surface area contributed by atoms with Crippen molar-refractivity contribution < 1.29 is 19.1 Å². The Morgan fingerprint density at radius 1 is 1.35 bits per heavy atom. The second-order valence-corrected chi connectivity index (χ2v) is 11.3. The lowest BCUT2D eigenvalue weighted by atomic mass is 10.1. The first kappa shape index (κ1) is 19.3. The summed E-state index contributed by atoms with van der Waals surface area (Å²) in [7, 11) is -1.91. The molecule has 0 amide bonds. The van der Waals surface area contributed by atoms with Crippen molar-refractivity contribution in [3.8, 4) is 0 Å². The van der Waals surface area contributed by atoms with E-state index in [1.165, 1.54) is 0 Å². The zero-order valence-electron chi connectivity index (χ0n) is 13.7. The van der Waals surface area contributed by atoms with Gasteiger partial charge in [0, 0.05) is 12.5 Å². The molecule has 5 nitrogen and oxygen atoms in total. The monoisotopic (exact) mass is 303 g/mol. The lowest BCUT2D eigenvalue weighted by Gasteiger charge is -2.38. The maximum atomic E-state index is 11.4. The van der Waals surface area contributed by atoms with Gasteiger partial charge in [-0.15, -0.1) is 0 Å². The predicted octanol–water partition coefficient (Wildman–Crippen LogP) is 2.73. The Morgan fingerprint density at radius 3 is 2.25 bits per heavy atom. The molecule has 118 valence electrons. The number of hydrogen-bond donors (Lipinski definition) is 2. The topological polar surface area (TPSA) is 79.6 Å². The second-order valence-electron chi connectivity index (χ2n) is 6.57. The second kappa shape index (κ2) is 7.33. The zero-order chi connectivity index (χ0) is 16.1. The van der Waals surface area contributed by atoms with E-state index in [1.54, 1.807) is 6.92 Å². The highest BCUT2D eigenvalue weighted by atomic mass is 28.4. The Morgan fingerprint density at radius 2 is 1.85 bits per heavy atom. The van der Waals surface area contributed by atoms with Gasteiger partial charge in [0.05, 0.1) is 6.61 Å². The number of hydrogen-bond acceptors (Lipinski definition) is 5. The molecule has 0 aliphatic carbocycles. The fourth-order valence-corrected chi connectivity index (χ4v) is 2.96. The van der Waals surface area contributed by atoms with E-state index in [0.717, 1.165) is 0 Å². The Balaban J connectivity index is 4.51. The van der Waals surface area contributed by atoms with Crippen LogP contribution in [0.25, 0.3) is 0 Å². The van der Waals surface area contributed by atoms with Crippen molar-refractivity contribution in [2.75, 3.05) is 6.61 Å². The highest BCUT2D eigenvalue weighted by molar-refractivity contribution is 6.74.